The van der Waals surface area contributed by atoms with Crippen molar-refractivity contribution in [3.63, 3.8) is 0 Å². The third-order valence-corrected chi connectivity index (χ3v) is 3.57. The van der Waals surface area contributed by atoms with E-state index in [4.69, 9.17) is 0 Å². The monoisotopic (exact) mass is 338 g/mol. The smallest absolute Gasteiger partial charge is 0.416 e. The number of esters is 1. The van der Waals surface area contributed by atoms with Crippen LogP contribution in [0.4, 0.5) is 17.6 Å². The minimum absolute atomic E-state index is 0.0301. The topological polar surface area (TPSA) is 55.0 Å². The van der Waals surface area contributed by atoms with E-state index >= 15 is 0 Å². The average molecular weight is 338 g/mol. The summed E-state index contributed by atoms with van der Waals surface area (Å²) in [5.74, 6) is -1.57. The van der Waals surface area contributed by atoms with Crippen molar-refractivity contribution in [3.05, 3.63) is 53.5 Å². The molecule has 0 saturated carbocycles. The molecule has 1 N–H and O–H groups in total. The molecule has 0 amide bonds. The number of hydrogen-bond acceptors (Lipinski definition) is 3. The van der Waals surface area contributed by atoms with Gasteiger partial charge >= 0.3 is 12.1 Å². The molecular weight excluding hydrogens is 328 g/mol. The Hall–Kier alpha value is -2.90. The van der Waals surface area contributed by atoms with Crippen LogP contribution in [0.5, 0.6) is 0 Å². The second-order valence-corrected chi connectivity index (χ2v) is 5.04. The van der Waals surface area contributed by atoms with Gasteiger partial charge in [0.25, 0.3) is 0 Å². The van der Waals surface area contributed by atoms with Crippen molar-refractivity contribution in [2.24, 2.45) is 0 Å². The van der Waals surface area contributed by atoms with Crippen LogP contribution < -0.4 is 0 Å². The maximum atomic E-state index is 14.4. The number of aromatic nitrogens is 2. The lowest BCUT2D eigenvalue weighted by Gasteiger charge is -2.11. The molecule has 0 atom stereocenters. The lowest BCUT2D eigenvalue weighted by Crippen LogP contribution is -2.05. The summed E-state index contributed by atoms with van der Waals surface area (Å²) in [5, 5.41) is 6.50. The molecule has 0 radical (unpaired) electrons. The molecule has 2 aromatic carbocycles. The molecule has 3 rings (SSSR count). The van der Waals surface area contributed by atoms with Crippen LogP contribution in [-0.4, -0.2) is 23.3 Å². The minimum Gasteiger partial charge on any atom is -0.465 e. The van der Waals surface area contributed by atoms with Crippen molar-refractivity contribution in [1.29, 1.82) is 0 Å². The standard InChI is InChI=1S/C16H10F4N2O2/c1-24-15(23)8-2-3-10(13(17)4-8)11-5-9(16(18,19)20)6-14-12(11)7-21-22-14/h2-7H,1H3,(H,21,22). The summed E-state index contributed by atoms with van der Waals surface area (Å²) in [7, 11) is 1.15. The van der Waals surface area contributed by atoms with Crippen LogP contribution in [0.25, 0.3) is 22.0 Å². The Balaban J connectivity index is 2.22. The summed E-state index contributed by atoms with van der Waals surface area (Å²) in [6.45, 7) is 0. The fraction of sp³-hybridized carbons (Fsp3) is 0.125. The zero-order chi connectivity index (χ0) is 17.5. The summed E-state index contributed by atoms with van der Waals surface area (Å²) >= 11 is 0. The van der Waals surface area contributed by atoms with Crippen molar-refractivity contribution >= 4 is 16.9 Å². The van der Waals surface area contributed by atoms with Gasteiger partial charge in [-0.05, 0) is 29.8 Å². The highest BCUT2D eigenvalue weighted by molar-refractivity contribution is 5.96. The van der Waals surface area contributed by atoms with E-state index in [2.05, 4.69) is 14.9 Å². The number of benzene rings is 2. The molecular formula is C16H10F4N2O2. The summed E-state index contributed by atoms with van der Waals surface area (Å²) in [5.41, 5.74) is -0.862. The number of fused-ring (bicyclic) bond motifs is 1. The van der Waals surface area contributed by atoms with Crippen LogP contribution in [0, 0.1) is 5.82 Å². The van der Waals surface area contributed by atoms with Crippen LogP contribution in [0.2, 0.25) is 0 Å². The van der Waals surface area contributed by atoms with E-state index in [-0.39, 0.29) is 22.2 Å². The Bertz CT molecular complexity index is 931. The highest BCUT2D eigenvalue weighted by Crippen LogP contribution is 2.37. The van der Waals surface area contributed by atoms with Crippen molar-refractivity contribution in [2.75, 3.05) is 7.11 Å². The Morgan fingerprint density at radius 2 is 1.92 bits per heavy atom. The molecule has 24 heavy (non-hydrogen) atoms. The first-order valence-corrected chi connectivity index (χ1v) is 6.74. The quantitative estimate of drug-likeness (QED) is 0.563. The third kappa shape index (κ3) is 2.70. The molecule has 0 bridgehead atoms. The lowest BCUT2D eigenvalue weighted by atomic mass is 9.97. The number of H-pyrrole nitrogens is 1. The van der Waals surface area contributed by atoms with Crippen LogP contribution in [0.1, 0.15) is 15.9 Å². The number of carbonyl (C=O) groups is 1. The summed E-state index contributed by atoms with van der Waals surface area (Å²) in [4.78, 5) is 11.4. The maximum absolute atomic E-state index is 14.4. The summed E-state index contributed by atoms with van der Waals surface area (Å²) in [6.07, 6.45) is -3.27. The molecule has 0 aliphatic rings. The SMILES string of the molecule is COC(=O)c1ccc(-c2cc(C(F)(F)F)cc3[nH]ncc23)c(F)c1. The van der Waals surface area contributed by atoms with Gasteiger partial charge in [0.15, 0.2) is 0 Å². The van der Waals surface area contributed by atoms with Crippen LogP contribution >= 0.6 is 0 Å². The van der Waals surface area contributed by atoms with Gasteiger partial charge in [0.2, 0.25) is 0 Å². The Kier molecular flexibility index (Phi) is 3.75. The highest BCUT2D eigenvalue weighted by Gasteiger charge is 2.32. The fourth-order valence-corrected chi connectivity index (χ4v) is 2.42. The van der Waals surface area contributed by atoms with Gasteiger partial charge in [0.1, 0.15) is 5.82 Å². The molecule has 8 heteroatoms. The molecule has 0 spiro atoms. The molecule has 0 unspecified atom stereocenters. The lowest BCUT2D eigenvalue weighted by molar-refractivity contribution is -0.137. The van der Waals surface area contributed by atoms with Gasteiger partial charge in [0.05, 0.1) is 30.0 Å². The summed E-state index contributed by atoms with van der Waals surface area (Å²) in [6, 6.07) is 5.22. The van der Waals surface area contributed by atoms with Crippen molar-refractivity contribution in [2.45, 2.75) is 6.18 Å². The zero-order valence-electron chi connectivity index (χ0n) is 12.2. The van der Waals surface area contributed by atoms with Gasteiger partial charge in [-0.25, -0.2) is 9.18 Å². The number of hydrogen-bond donors (Lipinski definition) is 1. The van der Waals surface area contributed by atoms with Gasteiger partial charge in [-0.15, -0.1) is 0 Å². The van der Waals surface area contributed by atoms with Gasteiger partial charge in [-0.1, -0.05) is 6.07 Å². The number of halogens is 4. The number of nitrogens with one attached hydrogen (secondary N) is 1. The first-order chi connectivity index (χ1) is 11.3. The molecule has 0 aliphatic heterocycles. The van der Waals surface area contributed by atoms with E-state index in [1.165, 1.54) is 18.3 Å². The Morgan fingerprint density at radius 1 is 1.17 bits per heavy atom. The second-order valence-electron chi connectivity index (χ2n) is 5.04. The molecule has 4 nitrogen and oxygen atoms in total. The number of methoxy groups -OCH3 is 1. The maximum Gasteiger partial charge on any atom is 0.416 e. The van der Waals surface area contributed by atoms with Gasteiger partial charge in [0, 0.05) is 10.9 Å². The average Bonchev–Trinajstić information content (AvgIpc) is 3.01. The first kappa shape index (κ1) is 16.0. The highest BCUT2D eigenvalue weighted by atomic mass is 19.4. The van der Waals surface area contributed by atoms with E-state index in [0.717, 1.165) is 25.3 Å². The minimum atomic E-state index is -4.59. The van der Waals surface area contributed by atoms with Gasteiger partial charge in [-0.2, -0.15) is 18.3 Å². The molecule has 1 aromatic heterocycles. The number of ether oxygens (including phenoxy) is 1. The molecule has 124 valence electrons. The number of nitrogens with zero attached hydrogens (tertiary/aromatic N) is 1. The van der Waals surface area contributed by atoms with Crippen LogP contribution in [0.15, 0.2) is 36.5 Å². The number of aromatic amines is 1. The zero-order valence-corrected chi connectivity index (χ0v) is 12.2. The van der Waals surface area contributed by atoms with E-state index in [1.807, 2.05) is 0 Å². The second kappa shape index (κ2) is 5.63. The normalized spacial score (nSPS) is 11.7. The number of carbonyl (C=O) groups excluding carboxylic acids is 1. The van der Waals surface area contributed by atoms with Crippen LogP contribution in [-0.2, 0) is 10.9 Å². The first-order valence-electron chi connectivity index (χ1n) is 6.74. The van der Waals surface area contributed by atoms with E-state index in [9.17, 15) is 22.4 Å². The van der Waals surface area contributed by atoms with Crippen LogP contribution in [0.3, 0.4) is 0 Å². The largest absolute Gasteiger partial charge is 0.465 e. The van der Waals surface area contributed by atoms with E-state index in [0.29, 0.717) is 5.39 Å². The molecule has 0 saturated heterocycles. The van der Waals surface area contributed by atoms with Gasteiger partial charge < -0.3 is 4.74 Å². The van der Waals surface area contributed by atoms with Gasteiger partial charge in [-0.3, -0.25) is 5.10 Å². The Morgan fingerprint density at radius 3 is 2.54 bits per heavy atom. The predicted molar refractivity (Wildman–Crippen MR) is 77.8 cm³/mol. The van der Waals surface area contributed by atoms with E-state index in [1.54, 1.807) is 0 Å². The molecule has 0 fully saturated rings. The third-order valence-electron chi connectivity index (χ3n) is 3.57. The number of alkyl halides is 3. The molecule has 1 heterocycles. The Labute approximate surface area is 133 Å². The summed E-state index contributed by atoms with van der Waals surface area (Å²) < 4.78 is 58.0. The fourth-order valence-electron chi connectivity index (χ4n) is 2.42. The van der Waals surface area contributed by atoms with Crippen molar-refractivity contribution in [1.82, 2.24) is 10.2 Å². The van der Waals surface area contributed by atoms with E-state index < -0.39 is 23.5 Å². The molecule has 3 aromatic rings. The molecule has 0 aliphatic carbocycles. The van der Waals surface area contributed by atoms with Crippen molar-refractivity contribution < 1.29 is 27.1 Å². The predicted octanol–water partition coefficient (Wildman–Crippen LogP) is 4.17. The van der Waals surface area contributed by atoms with Crippen molar-refractivity contribution in [3.8, 4) is 11.1 Å². The number of rotatable bonds is 2.